The van der Waals surface area contributed by atoms with Crippen LogP contribution in [0.3, 0.4) is 0 Å². The lowest BCUT2D eigenvalue weighted by Gasteiger charge is -2.07. The number of H-pyrrole nitrogens is 1. The van der Waals surface area contributed by atoms with Gasteiger partial charge in [0.1, 0.15) is 18.9 Å². The molecule has 2 aromatic carbocycles. The van der Waals surface area contributed by atoms with E-state index >= 15 is 0 Å². The van der Waals surface area contributed by atoms with E-state index < -0.39 is 25.1 Å². The van der Waals surface area contributed by atoms with Gasteiger partial charge in [0.05, 0.1) is 11.3 Å². The molecule has 0 saturated carbocycles. The molecule has 2 aliphatic heterocycles. The van der Waals surface area contributed by atoms with Crippen molar-refractivity contribution in [2.45, 2.75) is 0 Å². The number of benzene rings is 2. The van der Waals surface area contributed by atoms with Gasteiger partial charge in [-0.3, -0.25) is 9.59 Å². The van der Waals surface area contributed by atoms with Gasteiger partial charge < -0.3 is 20.1 Å². The van der Waals surface area contributed by atoms with Crippen molar-refractivity contribution in [3.8, 4) is 16.9 Å². The summed E-state index contributed by atoms with van der Waals surface area (Å²) in [5.74, 6) is -1.66. The quantitative estimate of drug-likeness (QED) is 0.460. The van der Waals surface area contributed by atoms with Crippen molar-refractivity contribution >= 4 is 28.5 Å². The van der Waals surface area contributed by atoms with Gasteiger partial charge in [-0.25, -0.2) is 4.79 Å². The highest BCUT2D eigenvalue weighted by molar-refractivity contribution is 5.93. The third-order valence-corrected chi connectivity index (χ3v) is 4.27. The van der Waals surface area contributed by atoms with Crippen LogP contribution in [0.1, 0.15) is 0 Å². The number of anilines is 1. The fourth-order valence-corrected chi connectivity index (χ4v) is 3.03. The van der Waals surface area contributed by atoms with Crippen molar-refractivity contribution in [2.75, 3.05) is 18.5 Å². The second-order valence-corrected chi connectivity index (χ2v) is 6.30. The average Bonchev–Trinajstić information content (AvgIpc) is 3.05. The molecule has 2 aliphatic rings. The van der Waals surface area contributed by atoms with Gasteiger partial charge >= 0.3 is 5.97 Å². The molecule has 0 unspecified atom stereocenters. The molecule has 1 amide bonds. The Morgan fingerprint density at radius 1 is 1.14 bits per heavy atom. The fourth-order valence-electron chi connectivity index (χ4n) is 3.03. The highest BCUT2D eigenvalue weighted by Crippen LogP contribution is 2.26. The van der Waals surface area contributed by atoms with Gasteiger partial charge in [-0.15, -0.1) is 0 Å². The summed E-state index contributed by atoms with van der Waals surface area (Å²) in [6, 6.07) is 14.2. The van der Waals surface area contributed by atoms with Gasteiger partial charge in [0, 0.05) is 22.8 Å². The van der Waals surface area contributed by atoms with E-state index in [9.17, 15) is 14.4 Å². The summed E-state index contributed by atoms with van der Waals surface area (Å²) < 4.78 is 6.04. The number of carbonyl (C=O) groups is 2. The maximum atomic E-state index is 12.8. The summed E-state index contributed by atoms with van der Waals surface area (Å²) in [6.07, 6.45) is 1.63. The number of aromatic nitrogens is 3. The maximum Gasteiger partial charge on any atom is 0.329 e. The van der Waals surface area contributed by atoms with Gasteiger partial charge in [-0.2, -0.15) is 9.78 Å². The largest absolute Gasteiger partial charge is 0.480 e. The molecule has 9 heteroatoms. The first-order chi connectivity index (χ1) is 14.0. The van der Waals surface area contributed by atoms with E-state index in [-0.39, 0.29) is 5.56 Å². The summed E-state index contributed by atoms with van der Waals surface area (Å²) in [4.78, 5) is 38.2. The second kappa shape index (κ2) is 7.56. The Labute approximate surface area is 163 Å². The number of hydrogen-bond acceptors (Lipinski definition) is 5. The number of hydrogen-bond donors (Lipinski definition) is 3. The molecular weight excluding hydrogens is 376 g/mol. The topological polar surface area (TPSA) is 126 Å². The molecule has 2 heterocycles. The van der Waals surface area contributed by atoms with Crippen LogP contribution in [0.4, 0.5) is 5.69 Å². The lowest BCUT2D eigenvalue weighted by molar-refractivity contribution is -0.143. The molecule has 0 saturated heterocycles. The van der Waals surface area contributed by atoms with Crippen LogP contribution in [0, 0.1) is 0 Å². The van der Waals surface area contributed by atoms with E-state index in [0.29, 0.717) is 22.6 Å². The molecule has 0 aliphatic carbocycles. The van der Waals surface area contributed by atoms with Gasteiger partial charge in [-0.1, -0.05) is 24.3 Å². The molecule has 2 aromatic rings. The standard InChI is InChI=1S/C20H16N4O5/c25-17(10-29-11-18(26)27)22-12-4-3-5-13(8-12)24-20(28)15-9-21-16-7-2-1-6-14(16)19(15)23-24/h1-9,21H,10-11H2,(H,22,25)(H,26,27). The number of nitrogens with one attached hydrogen (secondary N) is 2. The first-order valence-electron chi connectivity index (χ1n) is 8.72. The van der Waals surface area contributed by atoms with Crippen molar-refractivity contribution in [1.29, 1.82) is 0 Å². The Kier molecular flexibility index (Phi) is 4.80. The minimum atomic E-state index is -1.15. The number of fused-ring (bicyclic) bond motifs is 3. The number of rotatable bonds is 6. The van der Waals surface area contributed by atoms with Gasteiger partial charge in [-0.05, 0) is 24.3 Å². The van der Waals surface area contributed by atoms with Crippen LogP contribution < -0.4 is 10.9 Å². The molecule has 0 spiro atoms. The van der Waals surface area contributed by atoms with E-state index in [4.69, 9.17) is 9.84 Å². The van der Waals surface area contributed by atoms with E-state index in [1.807, 2.05) is 24.3 Å². The molecule has 0 atom stereocenters. The second-order valence-electron chi connectivity index (χ2n) is 6.30. The number of ether oxygens (including phenoxy) is 1. The predicted octanol–water partition coefficient (Wildman–Crippen LogP) is 1.86. The van der Waals surface area contributed by atoms with Crippen LogP contribution in [0.15, 0.2) is 59.5 Å². The number of carboxylic acids is 1. The zero-order valence-electron chi connectivity index (χ0n) is 15.1. The molecule has 146 valence electrons. The molecule has 0 fully saturated rings. The Morgan fingerprint density at radius 3 is 2.79 bits per heavy atom. The number of aliphatic carboxylic acids is 1. The number of carboxylic acid groups (broad SMARTS) is 1. The molecule has 0 bridgehead atoms. The Morgan fingerprint density at radius 2 is 1.97 bits per heavy atom. The lowest BCUT2D eigenvalue weighted by Crippen LogP contribution is -2.21. The lowest BCUT2D eigenvalue weighted by atomic mass is 10.1. The minimum Gasteiger partial charge on any atom is -0.480 e. The number of aromatic amines is 1. The van der Waals surface area contributed by atoms with Gasteiger partial charge in [0.2, 0.25) is 5.91 Å². The average molecular weight is 392 g/mol. The molecule has 0 aromatic heterocycles. The van der Waals surface area contributed by atoms with E-state index in [2.05, 4.69) is 15.4 Å². The third-order valence-electron chi connectivity index (χ3n) is 4.27. The minimum absolute atomic E-state index is 0.282. The van der Waals surface area contributed by atoms with Gasteiger partial charge in [0.15, 0.2) is 0 Å². The maximum absolute atomic E-state index is 12.8. The summed E-state index contributed by atoms with van der Waals surface area (Å²) in [7, 11) is 0. The Bertz CT molecular complexity index is 1240. The first kappa shape index (κ1) is 18.4. The van der Waals surface area contributed by atoms with Gasteiger partial charge in [0.25, 0.3) is 5.56 Å². The summed E-state index contributed by atoms with van der Waals surface area (Å²) in [5, 5.41) is 16.5. The fraction of sp³-hybridized carbons (Fsp3) is 0.100. The first-order valence-corrected chi connectivity index (χ1v) is 8.72. The molecule has 9 nitrogen and oxygen atoms in total. The molecule has 3 N–H and O–H groups in total. The Hall–Kier alpha value is -3.98. The number of nitrogens with zero attached hydrogens (tertiary/aromatic N) is 2. The van der Waals surface area contributed by atoms with E-state index in [1.165, 1.54) is 4.68 Å². The number of carbonyl (C=O) groups excluding carboxylic acids is 1. The Balaban J connectivity index is 1.64. The molecular formula is C20H16N4O5. The van der Waals surface area contributed by atoms with Crippen molar-refractivity contribution in [3.63, 3.8) is 0 Å². The molecule has 0 radical (unpaired) electrons. The van der Waals surface area contributed by atoms with Crippen LogP contribution in [0.25, 0.3) is 27.8 Å². The molecule has 4 rings (SSSR count). The number of amides is 1. The highest BCUT2D eigenvalue weighted by atomic mass is 16.5. The van der Waals surface area contributed by atoms with Crippen molar-refractivity contribution in [2.24, 2.45) is 0 Å². The van der Waals surface area contributed by atoms with Crippen LogP contribution >= 0.6 is 0 Å². The monoisotopic (exact) mass is 392 g/mol. The van der Waals surface area contributed by atoms with Crippen LogP contribution in [0.2, 0.25) is 0 Å². The molecule has 29 heavy (non-hydrogen) atoms. The van der Waals surface area contributed by atoms with Crippen molar-refractivity contribution in [3.05, 3.63) is 65.1 Å². The smallest absolute Gasteiger partial charge is 0.329 e. The number of para-hydroxylation sites is 1. The van der Waals surface area contributed by atoms with E-state index in [0.717, 1.165) is 10.9 Å². The van der Waals surface area contributed by atoms with Crippen molar-refractivity contribution < 1.29 is 19.4 Å². The third kappa shape index (κ3) is 3.71. The van der Waals surface area contributed by atoms with E-state index in [1.54, 1.807) is 30.5 Å². The van der Waals surface area contributed by atoms with Crippen LogP contribution in [-0.2, 0) is 14.3 Å². The zero-order chi connectivity index (χ0) is 20.4. The number of pyridine rings is 1. The summed E-state index contributed by atoms with van der Waals surface area (Å²) in [6.45, 7) is -0.950. The predicted molar refractivity (Wildman–Crippen MR) is 105 cm³/mol. The van der Waals surface area contributed by atoms with Crippen LogP contribution in [0.5, 0.6) is 0 Å². The van der Waals surface area contributed by atoms with Crippen LogP contribution in [-0.4, -0.2) is 45.0 Å². The highest BCUT2D eigenvalue weighted by Gasteiger charge is 2.19. The zero-order valence-corrected chi connectivity index (χ0v) is 15.1. The SMILES string of the molecule is O=C(O)COCC(=O)Nc1cccc(-n2nc3c4ccccc4[nH]cc-3c2=O)c1. The van der Waals surface area contributed by atoms with Crippen molar-refractivity contribution in [1.82, 2.24) is 14.8 Å². The summed E-state index contributed by atoms with van der Waals surface area (Å²) >= 11 is 0. The normalized spacial score (nSPS) is 11.0. The summed E-state index contributed by atoms with van der Waals surface area (Å²) in [5.41, 5.74) is 2.55.